The molecule has 1 fully saturated rings. The normalized spacial score (nSPS) is 18.3. The van der Waals surface area contributed by atoms with Crippen LogP contribution in [0.25, 0.3) is 10.9 Å². The third kappa shape index (κ3) is 5.94. The Labute approximate surface area is 195 Å². The fourth-order valence-electron chi connectivity index (χ4n) is 4.30. The Hall–Kier alpha value is -2.73. The second kappa shape index (κ2) is 10.7. The largest absolute Gasteiger partial charge is 0.377 e. The number of para-hydroxylation sites is 1. The maximum atomic E-state index is 12.2. The summed E-state index contributed by atoms with van der Waals surface area (Å²) in [6.45, 7) is 0.778. The standard InChI is InChI=1S/C26H32N4OS/c1-30(2)24-16-25(29-23-11-7-6-10-22(23)24)28-20-14-12-19(13-15-20)17-27-26(31)18-32-21-8-4-3-5-9-21/h3-11,16,19-20H,12-15,17-18H2,1-2H3,(H,27,31)(H,28,29). The third-order valence-electron chi connectivity index (χ3n) is 6.08. The first-order valence-electron chi connectivity index (χ1n) is 11.4. The second-order valence-electron chi connectivity index (χ2n) is 8.71. The minimum Gasteiger partial charge on any atom is -0.377 e. The summed E-state index contributed by atoms with van der Waals surface area (Å²) in [5, 5.41) is 7.97. The summed E-state index contributed by atoms with van der Waals surface area (Å²) in [6, 6.07) is 21.0. The molecule has 0 radical (unpaired) electrons. The molecule has 1 aliphatic rings. The van der Waals surface area contributed by atoms with Crippen molar-refractivity contribution in [3.8, 4) is 0 Å². The van der Waals surface area contributed by atoms with Crippen molar-refractivity contribution in [1.82, 2.24) is 10.3 Å². The fourth-order valence-corrected chi connectivity index (χ4v) is 5.05. The summed E-state index contributed by atoms with van der Waals surface area (Å²) >= 11 is 1.59. The van der Waals surface area contributed by atoms with Gasteiger partial charge in [-0.05, 0) is 49.8 Å². The molecular weight excluding hydrogens is 416 g/mol. The van der Waals surface area contributed by atoms with Gasteiger partial charge in [0.1, 0.15) is 5.82 Å². The number of nitrogens with zero attached hydrogens (tertiary/aromatic N) is 2. The molecule has 4 rings (SSSR count). The summed E-state index contributed by atoms with van der Waals surface area (Å²) in [6.07, 6.45) is 4.45. The highest BCUT2D eigenvalue weighted by molar-refractivity contribution is 8.00. The van der Waals surface area contributed by atoms with Gasteiger partial charge in [-0.1, -0.05) is 36.4 Å². The number of hydrogen-bond donors (Lipinski definition) is 2. The highest BCUT2D eigenvalue weighted by atomic mass is 32.2. The Balaban J connectivity index is 1.24. The van der Waals surface area contributed by atoms with Gasteiger partial charge in [0, 0.05) is 48.7 Å². The molecule has 6 heteroatoms. The Kier molecular flexibility index (Phi) is 7.53. The van der Waals surface area contributed by atoms with Crippen molar-refractivity contribution >= 4 is 40.1 Å². The molecule has 1 aliphatic carbocycles. The second-order valence-corrected chi connectivity index (χ2v) is 9.75. The van der Waals surface area contributed by atoms with Crippen molar-refractivity contribution < 1.29 is 4.79 Å². The molecule has 2 aromatic carbocycles. The maximum Gasteiger partial charge on any atom is 0.230 e. The predicted molar refractivity (Wildman–Crippen MR) is 136 cm³/mol. The number of carbonyl (C=O) groups is 1. The van der Waals surface area contributed by atoms with Gasteiger partial charge in [-0.25, -0.2) is 4.98 Å². The van der Waals surface area contributed by atoms with E-state index in [2.05, 4.69) is 53.9 Å². The molecule has 0 saturated heterocycles. The number of amides is 1. The average molecular weight is 449 g/mol. The zero-order chi connectivity index (χ0) is 22.3. The van der Waals surface area contributed by atoms with Crippen LogP contribution < -0.4 is 15.5 Å². The number of hydrogen-bond acceptors (Lipinski definition) is 5. The van der Waals surface area contributed by atoms with Gasteiger partial charge < -0.3 is 15.5 Å². The molecule has 0 atom stereocenters. The van der Waals surface area contributed by atoms with Crippen LogP contribution in [0.4, 0.5) is 11.5 Å². The van der Waals surface area contributed by atoms with E-state index in [4.69, 9.17) is 4.98 Å². The van der Waals surface area contributed by atoms with Gasteiger partial charge in [-0.3, -0.25) is 4.79 Å². The van der Waals surface area contributed by atoms with Crippen molar-refractivity contribution in [2.45, 2.75) is 36.6 Å². The number of anilines is 2. The van der Waals surface area contributed by atoms with Crippen LogP contribution in [0.1, 0.15) is 25.7 Å². The Morgan fingerprint density at radius 2 is 1.75 bits per heavy atom. The lowest BCUT2D eigenvalue weighted by atomic mass is 9.86. The van der Waals surface area contributed by atoms with E-state index in [0.29, 0.717) is 17.7 Å². The average Bonchev–Trinajstić information content (AvgIpc) is 2.82. The van der Waals surface area contributed by atoms with E-state index >= 15 is 0 Å². The summed E-state index contributed by atoms with van der Waals surface area (Å²) in [5.74, 6) is 2.10. The van der Waals surface area contributed by atoms with Crippen LogP contribution in [0.2, 0.25) is 0 Å². The molecule has 32 heavy (non-hydrogen) atoms. The number of fused-ring (bicyclic) bond motifs is 1. The minimum absolute atomic E-state index is 0.121. The van der Waals surface area contributed by atoms with Crippen LogP contribution >= 0.6 is 11.8 Å². The number of nitrogens with one attached hydrogen (secondary N) is 2. The SMILES string of the molecule is CN(C)c1cc(NC2CCC(CNC(=O)CSc3ccccc3)CC2)nc2ccccc12. The Morgan fingerprint density at radius 1 is 1.03 bits per heavy atom. The highest BCUT2D eigenvalue weighted by Crippen LogP contribution is 2.30. The lowest BCUT2D eigenvalue weighted by Gasteiger charge is -2.30. The monoisotopic (exact) mass is 448 g/mol. The zero-order valence-electron chi connectivity index (χ0n) is 18.9. The number of aromatic nitrogens is 1. The first kappa shape index (κ1) is 22.5. The molecule has 168 valence electrons. The van der Waals surface area contributed by atoms with Gasteiger partial charge in [0.15, 0.2) is 0 Å². The molecule has 1 aromatic heterocycles. The number of pyridine rings is 1. The summed E-state index contributed by atoms with van der Waals surface area (Å²) in [4.78, 5) is 20.3. The molecule has 0 aliphatic heterocycles. The fraction of sp³-hybridized carbons (Fsp3) is 0.385. The van der Waals surface area contributed by atoms with Crippen LogP contribution in [-0.4, -0.2) is 43.3 Å². The lowest BCUT2D eigenvalue weighted by Crippen LogP contribution is -2.34. The lowest BCUT2D eigenvalue weighted by molar-refractivity contribution is -0.118. The van der Waals surface area contributed by atoms with Gasteiger partial charge in [-0.2, -0.15) is 0 Å². The summed E-state index contributed by atoms with van der Waals surface area (Å²) in [7, 11) is 4.15. The molecule has 1 heterocycles. The van der Waals surface area contributed by atoms with Gasteiger partial charge in [-0.15, -0.1) is 11.8 Å². The molecule has 3 aromatic rings. The quantitative estimate of drug-likeness (QED) is 0.465. The van der Waals surface area contributed by atoms with E-state index in [1.807, 2.05) is 36.4 Å². The predicted octanol–water partition coefficient (Wildman–Crippen LogP) is 5.18. The van der Waals surface area contributed by atoms with Crippen molar-refractivity contribution in [2.75, 3.05) is 36.6 Å². The topological polar surface area (TPSA) is 57.3 Å². The first-order chi connectivity index (χ1) is 15.6. The molecule has 1 saturated carbocycles. The number of rotatable bonds is 8. The van der Waals surface area contributed by atoms with Crippen LogP contribution in [-0.2, 0) is 4.79 Å². The van der Waals surface area contributed by atoms with E-state index in [1.165, 1.54) is 11.1 Å². The van der Waals surface area contributed by atoms with Crippen LogP contribution in [0.5, 0.6) is 0 Å². The van der Waals surface area contributed by atoms with Gasteiger partial charge in [0.2, 0.25) is 5.91 Å². The van der Waals surface area contributed by atoms with E-state index in [0.717, 1.165) is 48.5 Å². The molecule has 0 unspecified atom stereocenters. The van der Waals surface area contributed by atoms with Crippen molar-refractivity contribution in [3.05, 3.63) is 60.7 Å². The van der Waals surface area contributed by atoms with Gasteiger partial charge >= 0.3 is 0 Å². The van der Waals surface area contributed by atoms with Gasteiger partial charge in [0.05, 0.1) is 11.3 Å². The van der Waals surface area contributed by atoms with Crippen LogP contribution in [0, 0.1) is 5.92 Å². The summed E-state index contributed by atoms with van der Waals surface area (Å²) in [5.41, 5.74) is 2.20. The third-order valence-corrected chi connectivity index (χ3v) is 7.09. The number of carbonyl (C=O) groups excluding carboxylic acids is 1. The van der Waals surface area contributed by atoms with Crippen LogP contribution in [0.3, 0.4) is 0 Å². The molecule has 2 N–H and O–H groups in total. The highest BCUT2D eigenvalue weighted by Gasteiger charge is 2.22. The maximum absolute atomic E-state index is 12.2. The number of thioether (sulfide) groups is 1. The van der Waals surface area contributed by atoms with E-state index in [-0.39, 0.29) is 5.91 Å². The smallest absolute Gasteiger partial charge is 0.230 e. The molecular formula is C26H32N4OS. The molecule has 5 nitrogen and oxygen atoms in total. The zero-order valence-corrected chi connectivity index (χ0v) is 19.7. The van der Waals surface area contributed by atoms with E-state index in [1.54, 1.807) is 11.8 Å². The Bertz CT molecular complexity index is 1030. The van der Waals surface area contributed by atoms with E-state index < -0.39 is 0 Å². The molecule has 0 bridgehead atoms. The first-order valence-corrected chi connectivity index (χ1v) is 12.4. The van der Waals surface area contributed by atoms with Crippen molar-refractivity contribution in [2.24, 2.45) is 5.92 Å². The van der Waals surface area contributed by atoms with E-state index in [9.17, 15) is 4.79 Å². The summed E-state index contributed by atoms with van der Waals surface area (Å²) < 4.78 is 0. The number of benzene rings is 2. The van der Waals surface area contributed by atoms with Crippen LogP contribution in [0.15, 0.2) is 65.6 Å². The molecule has 0 spiro atoms. The Morgan fingerprint density at radius 3 is 2.50 bits per heavy atom. The van der Waals surface area contributed by atoms with Crippen molar-refractivity contribution in [3.63, 3.8) is 0 Å². The van der Waals surface area contributed by atoms with Crippen molar-refractivity contribution in [1.29, 1.82) is 0 Å². The molecule has 1 amide bonds. The van der Waals surface area contributed by atoms with Gasteiger partial charge in [0.25, 0.3) is 0 Å². The minimum atomic E-state index is 0.121.